The zero-order chi connectivity index (χ0) is 18.3. The van der Waals surface area contributed by atoms with Crippen LogP contribution in [0, 0.1) is 5.92 Å². The quantitative estimate of drug-likeness (QED) is 0.722. The van der Waals surface area contributed by atoms with Crippen molar-refractivity contribution in [2.75, 3.05) is 26.4 Å². The van der Waals surface area contributed by atoms with E-state index in [1.165, 1.54) is 5.56 Å². The number of nitrogens with two attached hydrogens (primary N) is 1. The average molecular weight is 385 g/mol. The zero-order valence-corrected chi connectivity index (χ0v) is 16.9. The first-order valence-corrected chi connectivity index (χ1v) is 9.37. The number of hydrogen-bond acceptors (Lipinski definition) is 4. The van der Waals surface area contributed by atoms with Gasteiger partial charge in [0.15, 0.2) is 0 Å². The molecule has 1 fully saturated rings. The maximum atomic E-state index is 12.4. The first-order chi connectivity index (χ1) is 12.0. The van der Waals surface area contributed by atoms with Gasteiger partial charge >= 0.3 is 0 Å². The van der Waals surface area contributed by atoms with Gasteiger partial charge in [-0.3, -0.25) is 4.79 Å². The van der Waals surface area contributed by atoms with Crippen LogP contribution >= 0.6 is 12.4 Å². The van der Waals surface area contributed by atoms with Crippen LogP contribution in [0.25, 0.3) is 0 Å². The highest BCUT2D eigenvalue weighted by Gasteiger charge is 2.35. The van der Waals surface area contributed by atoms with Gasteiger partial charge in [-0.1, -0.05) is 32.4 Å². The van der Waals surface area contributed by atoms with Crippen molar-refractivity contribution >= 4 is 18.3 Å². The Hall–Kier alpha value is -1.30. The van der Waals surface area contributed by atoms with Crippen molar-refractivity contribution in [3.05, 3.63) is 29.8 Å². The van der Waals surface area contributed by atoms with Gasteiger partial charge in [-0.2, -0.15) is 0 Å². The van der Waals surface area contributed by atoms with Crippen molar-refractivity contribution in [1.29, 1.82) is 0 Å². The lowest BCUT2D eigenvalue weighted by Gasteiger charge is -2.38. The predicted octanol–water partition coefficient (Wildman–Crippen LogP) is 3.04. The van der Waals surface area contributed by atoms with Crippen molar-refractivity contribution < 1.29 is 14.3 Å². The monoisotopic (exact) mass is 384 g/mol. The van der Waals surface area contributed by atoms with Gasteiger partial charge in [0.1, 0.15) is 5.75 Å². The predicted molar refractivity (Wildman–Crippen MR) is 107 cm³/mol. The summed E-state index contributed by atoms with van der Waals surface area (Å²) < 4.78 is 11.1. The molecule has 1 aliphatic heterocycles. The highest BCUT2D eigenvalue weighted by atomic mass is 35.5. The molecule has 1 aliphatic rings. The second-order valence-corrected chi connectivity index (χ2v) is 6.98. The van der Waals surface area contributed by atoms with Crippen molar-refractivity contribution in [3.8, 4) is 5.75 Å². The molecule has 0 aliphatic carbocycles. The third kappa shape index (κ3) is 5.60. The lowest BCUT2D eigenvalue weighted by Crippen LogP contribution is -2.50. The maximum Gasteiger partial charge on any atom is 0.237 e. The zero-order valence-electron chi connectivity index (χ0n) is 16.1. The Morgan fingerprint density at radius 3 is 2.42 bits per heavy atom. The van der Waals surface area contributed by atoms with E-state index in [0.717, 1.165) is 25.0 Å². The number of halogens is 1. The summed E-state index contributed by atoms with van der Waals surface area (Å²) in [6, 6.07) is 7.77. The molecule has 5 nitrogen and oxygen atoms in total. The second kappa shape index (κ2) is 10.8. The summed E-state index contributed by atoms with van der Waals surface area (Å²) in [5.41, 5.74) is 7.18. The van der Waals surface area contributed by atoms with Crippen molar-refractivity contribution in [3.63, 3.8) is 0 Å². The van der Waals surface area contributed by atoms with Crippen molar-refractivity contribution in [2.45, 2.75) is 51.5 Å². The van der Waals surface area contributed by atoms with Crippen LogP contribution in [0.15, 0.2) is 24.3 Å². The molecule has 2 rings (SSSR count). The van der Waals surface area contributed by atoms with Gasteiger partial charge in [0.05, 0.1) is 12.6 Å². The minimum atomic E-state index is -0.456. The van der Waals surface area contributed by atoms with Crippen LogP contribution in [-0.2, 0) is 14.9 Å². The number of rotatable bonds is 8. The van der Waals surface area contributed by atoms with Gasteiger partial charge in [0, 0.05) is 25.2 Å². The molecule has 1 aromatic rings. The summed E-state index contributed by atoms with van der Waals surface area (Å²) in [7, 11) is 0. The molecule has 1 amide bonds. The van der Waals surface area contributed by atoms with Gasteiger partial charge in [0.25, 0.3) is 0 Å². The highest BCUT2D eigenvalue weighted by Crippen LogP contribution is 2.35. The third-order valence-corrected chi connectivity index (χ3v) is 5.39. The van der Waals surface area contributed by atoms with Gasteiger partial charge < -0.3 is 20.5 Å². The first-order valence-electron chi connectivity index (χ1n) is 9.37. The molecule has 26 heavy (non-hydrogen) atoms. The smallest absolute Gasteiger partial charge is 0.237 e. The lowest BCUT2D eigenvalue weighted by molar-refractivity contribution is -0.123. The van der Waals surface area contributed by atoms with E-state index in [9.17, 15) is 4.79 Å². The topological polar surface area (TPSA) is 73.6 Å². The van der Waals surface area contributed by atoms with E-state index in [1.54, 1.807) is 0 Å². The van der Waals surface area contributed by atoms with Crippen LogP contribution in [0.5, 0.6) is 5.75 Å². The minimum absolute atomic E-state index is 0. The number of amides is 1. The molecule has 0 radical (unpaired) electrons. The van der Waals surface area contributed by atoms with Gasteiger partial charge in [-0.15, -0.1) is 12.4 Å². The van der Waals surface area contributed by atoms with Gasteiger partial charge in [0.2, 0.25) is 5.91 Å². The van der Waals surface area contributed by atoms with E-state index in [2.05, 4.69) is 24.4 Å². The summed E-state index contributed by atoms with van der Waals surface area (Å²) in [5, 5.41) is 3.10. The van der Waals surface area contributed by atoms with E-state index >= 15 is 0 Å². The molecule has 0 spiro atoms. The van der Waals surface area contributed by atoms with Crippen LogP contribution in [0.4, 0.5) is 0 Å². The normalized spacial score (nSPS) is 18.3. The molecule has 1 aromatic carbocycles. The van der Waals surface area contributed by atoms with E-state index < -0.39 is 6.04 Å². The Kier molecular flexibility index (Phi) is 9.41. The molecule has 0 bridgehead atoms. The number of hydrogen-bond donors (Lipinski definition) is 2. The molecule has 1 saturated heterocycles. The molecule has 3 N–H and O–H groups in total. The summed E-state index contributed by atoms with van der Waals surface area (Å²) in [5.74, 6) is 0.985. The maximum absolute atomic E-state index is 12.4. The van der Waals surface area contributed by atoms with Crippen LogP contribution in [-0.4, -0.2) is 38.3 Å². The van der Waals surface area contributed by atoms with E-state index in [4.69, 9.17) is 15.2 Å². The fraction of sp³-hybridized carbons (Fsp3) is 0.650. The summed E-state index contributed by atoms with van der Waals surface area (Å²) >= 11 is 0. The van der Waals surface area contributed by atoms with Crippen molar-refractivity contribution in [2.24, 2.45) is 11.7 Å². The Labute approximate surface area is 163 Å². The van der Waals surface area contributed by atoms with Crippen molar-refractivity contribution in [1.82, 2.24) is 5.32 Å². The number of carbonyl (C=O) groups excluding carboxylic acids is 1. The Bertz CT molecular complexity index is 544. The number of benzene rings is 1. The second-order valence-electron chi connectivity index (χ2n) is 6.98. The van der Waals surface area contributed by atoms with Crippen LogP contribution in [0.3, 0.4) is 0 Å². The Morgan fingerprint density at radius 2 is 1.88 bits per heavy atom. The van der Waals surface area contributed by atoms with Gasteiger partial charge in [-0.25, -0.2) is 0 Å². The summed E-state index contributed by atoms with van der Waals surface area (Å²) in [6.45, 7) is 8.71. The molecule has 2 atom stereocenters. The number of ether oxygens (including phenoxy) is 2. The van der Waals surface area contributed by atoms with Crippen LogP contribution in [0.2, 0.25) is 0 Å². The Balaban J connectivity index is 0.00000338. The number of nitrogens with one attached hydrogen (secondary N) is 1. The molecule has 0 saturated carbocycles. The molecule has 1 heterocycles. The largest absolute Gasteiger partial charge is 0.494 e. The lowest BCUT2D eigenvalue weighted by atomic mass is 9.74. The molecule has 6 heteroatoms. The summed E-state index contributed by atoms with van der Waals surface area (Å²) in [6.07, 6.45) is 2.67. The van der Waals surface area contributed by atoms with E-state index in [0.29, 0.717) is 26.4 Å². The van der Waals surface area contributed by atoms with Crippen LogP contribution in [0.1, 0.15) is 45.6 Å². The third-order valence-electron chi connectivity index (χ3n) is 5.39. The molecular weight excluding hydrogens is 352 g/mol. The molecule has 0 aromatic heterocycles. The molecule has 2 unspecified atom stereocenters. The molecular formula is C20H33ClN2O3. The minimum Gasteiger partial charge on any atom is -0.494 e. The van der Waals surface area contributed by atoms with E-state index in [-0.39, 0.29) is 29.6 Å². The van der Waals surface area contributed by atoms with E-state index in [1.807, 2.05) is 26.0 Å². The van der Waals surface area contributed by atoms with Gasteiger partial charge in [-0.05, 0) is 43.4 Å². The fourth-order valence-corrected chi connectivity index (χ4v) is 3.29. The highest BCUT2D eigenvalue weighted by molar-refractivity contribution is 5.85. The number of carbonyl (C=O) groups is 1. The molecule has 148 valence electrons. The average Bonchev–Trinajstić information content (AvgIpc) is 2.66. The SMILES string of the molecule is CCOc1ccc(C2(CNC(=O)C(N)C(C)CC)CCOCC2)cc1.Cl. The standard InChI is InChI=1S/C20H32N2O3.ClH/c1-4-15(3)18(21)19(23)22-14-20(10-12-24-13-11-20)16-6-8-17(9-7-16)25-5-2;/h6-9,15,18H,4-5,10-14,21H2,1-3H3,(H,22,23);1H. The fourth-order valence-electron chi connectivity index (χ4n) is 3.29. The summed E-state index contributed by atoms with van der Waals surface area (Å²) in [4.78, 5) is 12.4. The van der Waals surface area contributed by atoms with Crippen LogP contribution < -0.4 is 15.8 Å². The Morgan fingerprint density at radius 1 is 1.27 bits per heavy atom. The first kappa shape index (κ1) is 22.7.